The summed E-state index contributed by atoms with van der Waals surface area (Å²) in [6.07, 6.45) is 0. The van der Waals surface area contributed by atoms with Crippen molar-refractivity contribution in [1.29, 1.82) is 0 Å². The van der Waals surface area contributed by atoms with Gasteiger partial charge in [-0.1, -0.05) is 56.1 Å². The van der Waals surface area contributed by atoms with E-state index in [-0.39, 0.29) is 12.1 Å². The molecule has 6 heteroatoms. The summed E-state index contributed by atoms with van der Waals surface area (Å²) in [5.41, 5.74) is 3.26. The zero-order valence-electron chi connectivity index (χ0n) is 16.7. The Hall–Kier alpha value is -2.31. The highest BCUT2D eigenvalue weighted by atomic mass is 79.9. The molecule has 0 fully saturated rings. The van der Waals surface area contributed by atoms with Crippen LogP contribution in [0.2, 0.25) is 0 Å². The quantitative estimate of drug-likeness (QED) is 0.399. The molecule has 3 aromatic rings. The van der Waals surface area contributed by atoms with E-state index in [0.29, 0.717) is 6.61 Å². The number of hydrogen-bond acceptors (Lipinski definition) is 4. The number of hydrogen-bond donors (Lipinski definition) is 1. The lowest BCUT2D eigenvalue weighted by Gasteiger charge is -2.20. The predicted molar refractivity (Wildman–Crippen MR) is 128 cm³/mol. The molecule has 0 saturated carbocycles. The van der Waals surface area contributed by atoms with E-state index in [4.69, 9.17) is 14.5 Å². The van der Waals surface area contributed by atoms with Crippen LogP contribution in [0.25, 0.3) is 0 Å². The Labute approximate surface area is 193 Å². The lowest BCUT2D eigenvalue weighted by molar-refractivity contribution is 0.335. The molecule has 1 aliphatic heterocycles. The van der Waals surface area contributed by atoms with Crippen molar-refractivity contribution in [3.63, 3.8) is 0 Å². The van der Waals surface area contributed by atoms with Gasteiger partial charge in [0.15, 0.2) is 0 Å². The van der Waals surface area contributed by atoms with Gasteiger partial charge in [-0.25, -0.2) is 0 Å². The molecule has 154 valence electrons. The monoisotopic (exact) mass is 528 g/mol. The van der Waals surface area contributed by atoms with Gasteiger partial charge in [-0.3, -0.25) is 4.99 Å². The molecule has 1 aliphatic rings. The number of halogens is 2. The van der Waals surface area contributed by atoms with Crippen LogP contribution in [0.3, 0.4) is 0 Å². The molecule has 0 spiro atoms. The molecular formula is C24H22Br2N2O2. The Bertz CT molecular complexity index is 1050. The van der Waals surface area contributed by atoms with Crippen LogP contribution in [0.5, 0.6) is 11.5 Å². The van der Waals surface area contributed by atoms with E-state index >= 15 is 0 Å². The summed E-state index contributed by atoms with van der Waals surface area (Å²) in [5.74, 6) is 2.34. The van der Waals surface area contributed by atoms with Gasteiger partial charge in [0.25, 0.3) is 0 Å². The topological polar surface area (TPSA) is 42.9 Å². The van der Waals surface area contributed by atoms with Crippen LogP contribution in [0, 0.1) is 0 Å². The Morgan fingerprint density at radius 3 is 2.13 bits per heavy atom. The van der Waals surface area contributed by atoms with Gasteiger partial charge in [0, 0.05) is 15.0 Å². The Balaban J connectivity index is 1.76. The fourth-order valence-electron chi connectivity index (χ4n) is 3.59. The summed E-state index contributed by atoms with van der Waals surface area (Å²) in [6, 6.07) is 22.5. The normalized spacial score (nSPS) is 17.9. The molecule has 0 unspecified atom stereocenters. The van der Waals surface area contributed by atoms with Gasteiger partial charge in [0.2, 0.25) is 0 Å². The SMILES string of the molecule is CCOc1cc(OC)ccc1C1=N[C@H](c2ccc(Br)cc2)[C@H](c2ccc(Br)cc2)N1. The third kappa shape index (κ3) is 4.40. The number of benzene rings is 3. The van der Waals surface area contributed by atoms with Gasteiger partial charge < -0.3 is 14.8 Å². The van der Waals surface area contributed by atoms with Crippen LogP contribution in [-0.4, -0.2) is 19.6 Å². The molecule has 0 aromatic heterocycles. The van der Waals surface area contributed by atoms with Crippen molar-refractivity contribution in [3.8, 4) is 11.5 Å². The maximum atomic E-state index is 5.89. The van der Waals surface area contributed by atoms with Crippen molar-refractivity contribution >= 4 is 37.7 Å². The first kappa shape index (κ1) is 20.9. The first-order chi connectivity index (χ1) is 14.6. The third-order valence-corrected chi connectivity index (χ3v) is 6.12. The largest absolute Gasteiger partial charge is 0.497 e. The maximum Gasteiger partial charge on any atom is 0.133 e. The summed E-state index contributed by atoms with van der Waals surface area (Å²) in [4.78, 5) is 5.09. The van der Waals surface area contributed by atoms with Crippen LogP contribution in [0.4, 0.5) is 0 Å². The van der Waals surface area contributed by atoms with E-state index < -0.39 is 0 Å². The van der Waals surface area contributed by atoms with Gasteiger partial charge in [0.1, 0.15) is 23.4 Å². The van der Waals surface area contributed by atoms with Crippen molar-refractivity contribution in [2.75, 3.05) is 13.7 Å². The highest BCUT2D eigenvalue weighted by Crippen LogP contribution is 2.39. The van der Waals surface area contributed by atoms with Crippen LogP contribution < -0.4 is 14.8 Å². The minimum absolute atomic E-state index is 0.0193. The molecule has 0 amide bonds. The van der Waals surface area contributed by atoms with Crippen molar-refractivity contribution < 1.29 is 9.47 Å². The van der Waals surface area contributed by atoms with Crippen LogP contribution in [0.15, 0.2) is 80.7 Å². The summed E-state index contributed by atoms with van der Waals surface area (Å²) < 4.78 is 13.4. The number of nitrogens with one attached hydrogen (secondary N) is 1. The third-order valence-electron chi connectivity index (χ3n) is 5.06. The first-order valence-corrected chi connectivity index (χ1v) is 11.3. The molecule has 1 N–H and O–H groups in total. The van der Waals surface area contributed by atoms with E-state index in [1.54, 1.807) is 7.11 Å². The molecule has 0 radical (unpaired) electrons. The zero-order chi connectivity index (χ0) is 21.1. The van der Waals surface area contributed by atoms with Crippen molar-refractivity contribution in [2.24, 2.45) is 4.99 Å². The van der Waals surface area contributed by atoms with Crippen LogP contribution >= 0.6 is 31.9 Å². The van der Waals surface area contributed by atoms with Gasteiger partial charge in [0.05, 0.1) is 25.3 Å². The zero-order valence-corrected chi connectivity index (χ0v) is 19.9. The number of nitrogens with zero attached hydrogens (tertiary/aromatic N) is 1. The highest BCUT2D eigenvalue weighted by molar-refractivity contribution is 9.10. The maximum absolute atomic E-state index is 5.89. The van der Waals surface area contributed by atoms with E-state index in [9.17, 15) is 0 Å². The first-order valence-electron chi connectivity index (χ1n) is 9.75. The predicted octanol–water partition coefficient (Wildman–Crippen LogP) is 6.45. The van der Waals surface area contributed by atoms with Crippen LogP contribution in [-0.2, 0) is 0 Å². The van der Waals surface area contributed by atoms with Crippen molar-refractivity contribution in [3.05, 3.63) is 92.4 Å². The summed E-state index contributed by atoms with van der Waals surface area (Å²) in [5, 5.41) is 3.64. The fourth-order valence-corrected chi connectivity index (χ4v) is 4.12. The second kappa shape index (κ2) is 9.23. The molecule has 0 aliphatic carbocycles. The number of rotatable bonds is 6. The lowest BCUT2D eigenvalue weighted by atomic mass is 9.95. The van der Waals surface area contributed by atoms with E-state index in [1.807, 2.05) is 25.1 Å². The minimum atomic E-state index is -0.0501. The van der Waals surface area contributed by atoms with Gasteiger partial charge >= 0.3 is 0 Å². The number of amidine groups is 1. The smallest absolute Gasteiger partial charge is 0.133 e. The lowest BCUT2D eigenvalue weighted by Crippen LogP contribution is -2.25. The average molecular weight is 530 g/mol. The van der Waals surface area contributed by atoms with Crippen LogP contribution in [0.1, 0.15) is 35.7 Å². The van der Waals surface area contributed by atoms with Gasteiger partial charge in [-0.2, -0.15) is 0 Å². The molecule has 2 atom stereocenters. The summed E-state index contributed by atoms with van der Waals surface area (Å²) >= 11 is 7.05. The molecule has 4 rings (SSSR count). The molecular weight excluding hydrogens is 508 g/mol. The van der Waals surface area contributed by atoms with Gasteiger partial charge in [-0.05, 0) is 54.4 Å². The number of ether oxygens (including phenoxy) is 2. The summed E-state index contributed by atoms with van der Waals surface area (Å²) in [7, 11) is 1.66. The van der Waals surface area contributed by atoms with E-state index in [0.717, 1.165) is 37.4 Å². The Kier molecular flexibility index (Phi) is 6.44. The second-order valence-corrected chi connectivity index (χ2v) is 8.77. The van der Waals surface area contributed by atoms with Gasteiger partial charge in [-0.15, -0.1) is 0 Å². The molecule has 0 saturated heterocycles. The standard InChI is InChI=1S/C24H22Br2N2O2/c1-3-30-21-14-19(29-2)12-13-20(21)24-27-22(15-4-8-17(25)9-5-15)23(28-24)16-6-10-18(26)11-7-16/h4-14,22-23H,3H2,1-2H3,(H,27,28)/t22-,23+. The number of aliphatic imine (C=N–C) groups is 1. The van der Waals surface area contributed by atoms with Crippen molar-refractivity contribution in [2.45, 2.75) is 19.0 Å². The van der Waals surface area contributed by atoms with E-state index in [2.05, 4.69) is 85.7 Å². The van der Waals surface area contributed by atoms with Crippen molar-refractivity contribution in [1.82, 2.24) is 5.32 Å². The molecule has 0 bridgehead atoms. The molecule has 3 aromatic carbocycles. The molecule has 4 nitrogen and oxygen atoms in total. The highest BCUT2D eigenvalue weighted by Gasteiger charge is 2.32. The average Bonchev–Trinajstić information content (AvgIpc) is 3.20. The Morgan fingerprint density at radius 2 is 1.53 bits per heavy atom. The number of methoxy groups -OCH3 is 1. The second-order valence-electron chi connectivity index (χ2n) is 6.94. The minimum Gasteiger partial charge on any atom is -0.497 e. The fraction of sp³-hybridized carbons (Fsp3) is 0.208. The van der Waals surface area contributed by atoms with E-state index in [1.165, 1.54) is 5.56 Å². The Morgan fingerprint density at radius 1 is 0.900 bits per heavy atom. The molecule has 30 heavy (non-hydrogen) atoms. The summed E-state index contributed by atoms with van der Waals surface area (Å²) in [6.45, 7) is 2.54. The molecule has 1 heterocycles.